The van der Waals surface area contributed by atoms with Crippen LogP contribution >= 0.6 is 0 Å². The third-order valence-electron chi connectivity index (χ3n) is 3.65. The van der Waals surface area contributed by atoms with E-state index in [4.69, 9.17) is 4.74 Å². The van der Waals surface area contributed by atoms with E-state index < -0.39 is 12.1 Å². The van der Waals surface area contributed by atoms with Crippen molar-refractivity contribution in [1.82, 2.24) is 15.0 Å². The summed E-state index contributed by atoms with van der Waals surface area (Å²) in [5.74, 6) is -0.830. The third kappa shape index (κ3) is 2.78. The highest BCUT2D eigenvalue weighted by Crippen LogP contribution is 2.32. The van der Waals surface area contributed by atoms with E-state index in [1.54, 1.807) is 12.1 Å². The molecule has 0 radical (unpaired) electrons. The Kier molecular flexibility index (Phi) is 3.56. The number of ether oxygens (including phenoxy) is 1. The Labute approximate surface area is 124 Å². The van der Waals surface area contributed by atoms with Crippen LogP contribution in [-0.4, -0.2) is 34.7 Å². The molecule has 22 heavy (non-hydrogen) atoms. The summed E-state index contributed by atoms with van der Waals surface area (Å²) in [6.07, 6.45) is -4.65. The van der Waals surface area contributed by atoms with Crippen LogP contribution in [0.3, 0.4) is 0 Å². The molecule has 1 aliphatic heterocycles. The van der Waals surface area contributed by atoms with E-state index >= 15 is 0 Å². The average molecular weight is 313 g/mol. The fourth-order valence-corrected chi connectivity index (χ4v) is 2.18. The highest BCUT2D eigenvalue weighted by molar-refractivity contribution is 5.59. The van der Waals surface area contributed by atoms with Gasteiger partial charge in [0.25, 0.3) is 0 Å². The number of nitrogens with zero attached hydrogens (tertiary/aromatic N) is 3. The Morgan fingerprint density at radius 1 is 1.32 bits per heavy atom. The number of hydrogen-bond acceptors (Lipinski definition) is 5. The number of halogens is 3. The molecule has 2 aromatic rings. The molecule has 0 amide bonds. The minimum atomic E-state index is -4.65. The summed E-state index contributed by atoms with van der Waals surface area (Å²) in [4.78, 5) is 5.53. The molecule has 0 saturated carbocycles. The lowest BCUT2D eigenvalue weighted by Gasteiger charge is -2.19. The topological polar surface area (TPSA) is 51.4 Å². The van der Waals surface area contributed by atoms with Gasteiger partial charge in [-0.1, -0.05) is 17.3 Å². The molecule has 0 unspecified atom stereocenters. The van der Waals surface area contributed by atoms with Crippen molar-refractivity contribution in [2.75, 3.05) is 13.7 Å². The van der Waals surface area contributed by atoms with E-state index in [1.807, 2.05) is 20.0 Å². The standard InChI is InChI=1S/C14H14F3N3O2/c1-8-7-21-11-5-9(3-4-10(11)6-20(8)2)12-18-13(22-19-12)14(15,16)17/h3-5,8H,6-7H2,1-2H3/t8-/m0/s1. The highest BCUT2D eigenvalue weighted by atomic mass is 19.4. The second kappa shape index (κ2) is 5.28. The first-order valence-corrected chi connectivity index (χ1v) is 6.72. The lowest BCUT2D eigenvalue weighted by molar-refractivity contribution is -0.159. The Morgan fingerprint density at radius 2 is 2.09 bits per heavy atom. The van der Waals surface area contributed by atoms with Gasteiger partial charge in [-0.05, 0) is 20.0 Å². The number of hydrogen-bond donors (Lipinski definition) is 0. The fourth-order valence-electron chi connectivity index (χ4n) is 2.18. The van der Waals surface area contributed by atoms with Crippen LogP contribution in [-0.2, 0) is 12.7 Å². The molecule has 1 aliphatic rings. The zero-order valence-electron chi connectivity index (χ0n) is 12.0. The van der Waals surface area contributed by atoms with E-state index in [0.29, 0.717) is 24.5 Å². The lowest BCUT2D eigenvalue weighted by atomic mass is 10.1. The van der Waals surface area contributed by atoms with Crippen LogP contribution < -0.4 is 4.74 Å². The maximum absolute atomic E-state index is 12.5. The first kappa shape index (κ1) is 14.8. The Bertz CT molecular complexity index is 684. The molecule has 0 fully saturated rings. The quantitative estimate of drug-likeness (QED) is 0.810. The predicted molar refractivity (Wildman–Crippen MR) is 71.2 cm³/mol. The van der Waals surface area contributed by atoms with Crippen molar-refractivity contribution in [2.24, 2.45) is 0 Å². The van der Waals surface area contributed by atoms with Crippen molar-refractivity contribution in [3.63, 3.8) is 0 Å². The van der Waals surface area contributed by atoms with Crippen LogP contribution in [0.25, 0.3) is 11.4 Å². The van der Waals surface area contributed by atoms with Gasteiger partial charge in [-0.25, -0.2) is 0 Å². The molecule has 1 atom stereocenters. The van der Waals surface area contributed by atoms with Crippen molar-refractivity contribution >= 4 is 0 Å². The molecule has 0 bridgehead atoms. The molecule has 5 nitrogen and oxygen atoms in total. The van der Waals surface area contributed by atoms with Gasteiger partial charge in [0.15, 0.2) is 0 Å². The molecule has 2 heterocycles. The molecule has 0 spiro atoms. The molecular formula is C14H14F3N3O2. The summed E-state index contributed by atoms with van der Waals surface area (Å²) in [6.45, 7) is 3.26. The van der Waals surface area contributed by atoms with E-state index in [1.165, 1.54) is 0 Å². The van der Waals surface area contributed by atoms with E-state index in [9.17, 15) is 13.2 Å². The van der Waals surface area contributed by atoms with E-state index in [0.717, 1.165) is 5.56 Å². The number of aromatic nitrogens is 2. The number of benzene rings is 1. The molecule has 8 heteroatoms. The van der Waals surface area contributed by atoms with Crippen molar-refractivity contribution in [3.8, 4) is 17.1 Å². The van der Waals surface area contributed by atoms with Crippen molar-refractivity contribution in [2.45, 2.75) is 25.7 Å². The largest absolute Gasteiger partial charge is 0.492 e. The SMILES string of the molecule is C[C@H]1COc2cc(-c3noc(C(F)(F)F)n3)ccc2CN1C. The maximum atomic E-state index is 12.5. The summed E-state index contributed by atoms with van der Waals surface area (Å²) in [7, 11) is 1.99. The second-order valence-corrected chi connectivity index (χ2v) is 5.32. The minimum absolute atomic E-state index is 0.107. The predicted octanol–water partition coefficient (Wildman–Crippen LogP) is 2.97. The second-order valence-electron chi connectivity index (χ2n) is 5.32. The van der Waals surface area contributed by atoms with Gasteiger partial charge in [-0.15, -0.1) is 0 Å². The van der Waals surface area contributed by atoms with Crippen LogP contribution in [0.4, 0.5) is 13.2 Å². The smallest absolute Gasteiger partial charge is 0.471 e. The first-order valence-electron chi connectivity index (χ1n) is 6.72. The molecule has 1 aromatic carbocycles. The molecule has 118 valence electrons. The molecule has 0 N–H and O–H groups in total. The van der Waals surface area contributed by atoms with Gasteiger partial charge in [0.1, 0.15) is 12.4 Å². The monoisotopic (exact) mass is 313 g/mol. The molecule has 0 aliphatic carbocycles. The number of fused-ring (bicyclic) bond motifs is 1. The lowest BCUT2D eigenvalue weighted by Crippen LogP contribution is -2.31. The van der Waals surface area contributed by atoms with Gasteiger partial charge in [0, 0.05) is 23.7 Å². The zero-order valence-corrected chi connectivity index (χ0v) is 12.0. The van der Waals surface area contributed by atoms with E-state index in [-0.39, 0.29) is 11.9 Å². The van der Waals surface area contributed by atoms with Gasteiger partial charge in [-0.3, -0.25) is 4.90 Å². The van der Waals surface area contributed by atoms with Crippen LogP contribution in [0.1, 0.15) is 18.4 Å². The van der Waals surface area contributed by atoms with Crippen molar-refractivity contribution in [1.29, 1.82) is 0 Å². The maximum Gasteiger partial charge on any atom is 0.471 e. The number of likely N-dealkylation sites (N-methyl/N-ethyl adjacent to an activating group) is 1. The highest BCUT2D eigenvalue weighted by Gasteiger charge is 2.38. The first-order chi connectivity index (χ1) is 10.3. The summed E-state index contributed by atoms with van der Waals surface area (Å²) in [6, 6.07) is 5.37. The van der Waals surface area contributed by atoms with Crippen LogP contribution in [0.2, 0.25) is 0 Å². The van der Waals surface area contributed by atoms with E-state index in [2.05, 4.69) is 19.6 Å². The molecule has 3 rings (SSSR count). The molecule has 1 aromatic heterocycles. The zero-order chi connectivity index (χ0) is 15.9. The third-order valence-corrected chi connectivity index (χ3v) is 3.65. The summed E-state index contributed by atoms with van der Waals surface area (Å²) >= 11 is 0. The Balaban J connectivity index is 1.93. The Hall–Kier alpha value is -2.09. The van der Waals surface area contributed by atoms with Crippen LogP contribution in [0.5, 0.6) is 5.75 Å². The minimum Gasteiger partial charge on any atom is -0.492 e. The summed E-state index contributed by atoms with van der Waals surface area (Å²) < 4.78 is 47.5. The summed E-state index contributed by atoms with van der Waals surface area (Å²) in [5.41, 5.74) is 1.39. The number of alkyl halides is 3. The van der Waals surface area contributed by atoms with Gasteiger partial charge in [-0.2, -0.15) is 18.2 Å². The molecular weight excluding hydrogens is 299 g/mol. The van der Waals surface area contributed by atoms with Gasteiger partial charge in [0.05, 0.1) is 0 Å². The van der Waals surface area contributed by atoms with Crippen LogP contribution in [0, 0.1) is 0 Å². The van der Waals surface area contributed by atoms with Gasteiger partial charge in [0.2, 0.25) is 5.82 Å². The summed E-state index contributed by atoms with van der Waals surface area (Å²) in [5, 5.41) is 3.38. The Morgan fingerprint density at radius 3 is 2.77 bits per heavy atom. The van der Waals surface area contributed by atoms with Gasteiger partial charge >= 0.3 is 12.1 Å². The normalized spacial score (nSPS) is 19.4. The van der Waals surface area contributed by atoms with Crippen molar-refractivity contribution in [3.05, 3.63) is 29.7 Å². The molecule has 0 saturated heterocycles. The van der Waals surface area contributed by atoms with Crippen molar-refractivity contribution < 1.29 is 22.4 Å². The number of rotatable bonds is 1. The average Bonchev–Trinajstić information content (AvgIpc) is 2.90. The van der Waals surface area contributed by atoms with Crippen LogP contribution in [0.15, 0.2) is 22.7 Å². The fraction of sp³-hybridized carbons (Fsp3) is 0.429. The van der Waals surface area contributed by atoms with Gasteiger partial charge < -0.3 is 9.26 Å².